The van der Waals surface area contributed by atoms with E-state index in [-0.39, 0.29) is 5.54 Å². The van der Waals surface area contributed by atoms with E-state index in [0.717, 1.165) is 6.42 Å². The van der Waals surface area contributed by atoms with Gasteiger partial charge in [0.05, 0.1) is 0 Å². The summed E-state index contributed by atoms with van der Waals surface area (Å²) in [7, 11) is 2.23. The van der Waals surface area contributed by atoms with Gasteiger partial charge >= 0.3 is 0 Å². The van der Waals surface area contributed by atoms with E-state index in [1.165, 1.54) is 39.0 Å². The predicted molar refractivity (Wildman–Crippen MR) is 70.6 cm³/mol. The Hall–Kier alpha value is -0.120. The highest BCUT2D eigenvalue weighted by atomic mass is 15.2. The number of hydrogen-bond donors (Lipinski definition) is 1. The lowest BCUT2D eigenvalue weighted by Gasteiger charge is -2.29. The number of nitrogens with two attached hydrogens (primary N) is 1. The molecule has 0 aromatic carbocycles. The molecule has 0 radical (unpaired) electrons. The maximum absolute atomic E-state index is 6.01. The Balaban J connectivity index is 2.30. The summed E-state index contributed by atoms with van der Waals surface area (Å²) in [6.45, 7) is 11.5. The molecule has 0 aromatic heterocycles. The van der Waals surface area contributed by atoms with Crippen molar-refractivity contribution in [2.45, 2.75) is 51.6 Å². The molecular weight excluding hydrogens is 198 g/mol. The van der Waals surface area contributed by atoms with E-state index in [2.05, 4.69) is 37.6 Å². The van der Waals surface area contributed by atoms with Crippen LogP contribution in [0.2, 0.25) is 0 Å². The SMILES string of the molecule is CC1CN(C)CCCN1CCCC(C)(C)N. The first-order valence-corrected chi connectivity index (χ1v) is 6.60. The highest BCUT2D eigenvalue weighted by molar-refractivity contribution is 4.77. The van der Waals surface area contributed by atoms with Crippen molar-refractivity contribution in [2.24, 2.45) is 5.73 Å². The van der Waals surface area contributed by atoms with Crippen molar-refractivity contribution < 1.29 is 0 Å². The fourth-order valence-electron chi connectivity index (χ4n) is 2.49. The zero-order valence-corrected chi connectivity index (χ0v) is 11.5. The smallest absolute Gasteiger partial charge is 0.0194 e. The third kappa shape index (κ3) is 5.28. The van der Waals surface area contributed by atoms with Crippen LogP contribution in [-0.4, -0.2) is 54.6 Å². The molecule has 0 amide bonds. The van der Waals surface area contributed by atoms with Crippen LogP contribution in [0.1, 0.15) is 40.0 Å². The molecule has 1 unspecified atom stereocenters. The Bertz CT molecular complexity index is 198. The maximum atomic E-state index is 6.01. The second-order valence-electron chi connectivity index (χ2n) is 6.09. The van der Waals surface area contributed by atoms with Gasteiger partial charge in [-0.05, 0) is 66.7 Å². The summed E-state index contributed by atoms with van der Waals surface area (Å²) in [6, 6.07) is 0.688. The van der Waals surface area contributed by atoms with Crippen LogP contribution in [0.3, 0.4) is 0 Å². The van der Waals surface area contributed by atoms with Crippen LogP contribution < -0.4 is 5.73 Å². The van der Waals surface area contributed by atoms with E-state index in [4.69, 9.17) is 5.73 Å². The van der Waals surface area contributed by atoms with Gasteiger partial charge in [0.2, 0.25) is 0 Å². The van der Waals surface area contributed by atoms with Gasteiger partial charge in [0, 0.05) is 18.1 Å². The Morgan fingerprint density at radius 3 is 2.62 bits per heavy atom. The minimum absolute atomic E-state index is 0.00806. The fraction of sp³-hybridized carbons (Fsp3) is 1.00. The molecule has 0 aromatic rings. The third-order valence-corrected chi connectivity index (χ3v) is 3.45. The van der Waals surface area contributed by atoms with Gasteiger partial charge in [-0.15, -0.1) is 0 Å². The first kappa shape index (κ1) is 13.9. The average molecular weight is 227 g/mol. The van der Waals surface area contributed by atoms with Crippen molar-refractivity contribution in [1.29, 1.82) is 0 Å². The summed E-state index contributed by atoms with van der Waals surface area (Å²) in [6.07, 6.45) is 3.64. The molecule has 96 valence electrons. The molecule has 1 aliphatic heterocycles. The van der Waals surface area contributed by atoms with E-state index >= 15 is 0 Å². The molecule has 16 heavy (non-hydrogen) atoms. The van der Waals surface area contributed by atoms with Gasteiger partial charge in [0.1, 0.15) is 0 Å². The Labute approximate surface area is 101 Å². The average Bonchev–Trinajstić information content (AvgIpc) is 2.26. The third-order valence-electron chi connectivity index (χ3n) is 3.45. The summed E-state index contributed by atoms with van der Waals surface area (Å²) in [5.41, 5.74) is 6.00. The predicted octanol–water partition coefficient (Wildman–Crippen LogP) is 1.53. The number of likely N-dealkylation sites (N-methyl/N-ethyl adjacent to an activating group) is 1. The van der Waals surface area contributed by atoms with Crippen LogP contribution in [0.5, 0.6) is 0 Å². The zero-order valence-electron chi connectivity index (χ0n) is 11.5. The first-order valence-electron chi connectivity index (χ1n) is 6.60. The second kappa shape index (κ2) is 5.99. The molecule has 1 aliphatic rings. The molecule has 0 saturated carbocycles. The summed E-state index contributed by atoms with van der Waals surface area (Å²) >= 11 is 0. The van der Waals surface area contributed by atoms with Crippen molar-refractivity contribution in [3.05, 3.63) is 0 Å². The summed E-state index contributed by atoms with van der Waals surface area (Å²) in [5, 5.41) is 0. The quantitative estimate of drug-likeness (QED) is 0.790. The first-order chi connectivity index (χ1) is 7.38. The van der Waals surface area contributed by atoms with Gasteiger partial charge in [-0.2, -0.15) is 0 Å². The molecule has 1 heterocycles. The fourth-order valence-corrected chi connectivity index (χ4v) is 2.49. The van der Waals surface area contributed by atoms with Gasteiger partial charge in [-0.25, -0.2) is 0 Å². The topological polar surface area (TPSA) is 32.5 Å². The van der Waals surface area contributed by atoms with Crippen LogP contribution in [0, 0.1) is 0 Å². The molecule has 0 spiro atoms. The van der Waals surface area contributed by atoms with Crippen molar-refractivity contribution >= 4 is 0 Å². The Morgan fingerprint density at radius 1 is 1.31 bits per heavy atom. The van der Waals surface area contributed by atoms with Crippen molar-refractivity contribution in [2.75, 3.05) is 33.2 Å². The molecule has 1 fully saturated rings. The molecular formula is C13H29N3. The van der Waals surface area contributed by atoms with Gasteiger partial charge in [0.25, 0.3) is 0 Å². The maximum Gasteiger partial charge on any atom is 0.0194 e. The minimum atomic E-state index is -0.00806. The molecule has 3 heteroatoms. The van der Waals surface area contributed by atoms with Gasteiger partial charge in [0.15, 0.2) is 0 Å². The van der Waals surface area contributed by atoms with Crippen LogP contribution >= 0.6 is 0 Å². The largest absolute Gasteiger partial charge is 0.326 e. The van der Waals surface area contributed by atoms with Crippen molar-refractivity contribution in [3.63, 3.8) is 0 Å². The van der Waals surface area contributed by atoms with E-state index in [1.807, 2.05) is 0 Å². The summed E-state index contributed by atoms with van der Waals surface area (Å²) in [4.78, 5) is 5.06. The highest BCUT2D eigenvalue weighted by Gasteiger charge is 2.19. The Kier molecular flexibility index (Phi) is 5.22. The zero-order chi connectivity index (χ0) is 12.2. The molecule has 0 aliphatic carbocycles. The minimum Gasteiger partial charge on any atom is -0.326 e. The van der Waals surface area contributed by atoms with Crippen LogP contribution in [0.25, 0.3) is 0 Å². The van der Waals surface area contributed by atoms with Crippen LogP contribution in [0.4, 0.5) is 0 Å². The molecule has 1 atom stereocenters. The molecule has 0 bridgehead atoms. The van der Waals surface area contributed by atoms with E-state index in [0.29, 0.717) is 6.04 Å². The number of hydrogen-bond acceptors (Lipinski definition) is 3. The lowest BCUT2D eigenvalue weighted by molar-refractivity contribution is 0.195. The van der Waals surface area contributed by atoms with Crippen molar-refractivity contribution in [1.82, 2.24) is 9.80 Å². The molecule has 3 nitrogen and oxygen atoms in total. The normalized spacial score (nSPS) is 25.7. The summed E-state index contributed by atoms with van der Waals surface area (Å²) in [5.74, 6) is 0. The lowest BCUT2D eigenvalue weighted by atomic mass is 10.00. The van der Waals surface area contributed by atoms with Gasteiger partial charge in [-0.3, -0.25) is 4.90 Å². The lowest BCUT2D eigenvalue weighted by Crippen LogP contribution is -2.39. The standard InChI is InChI=1S/C13H29N3/c1-12-11-15(4)8-6-10-16(12)9-5-7-13(2,3)14/h12H,5-11,14H2,1-4H3. The van der Waals surface area contributed by atoms with E-state index in [1.54, 1.807) is 0 Å². The number of nitrogens with zero attached hydrogens (tertiary/aromatic N) is 2. The van der Waals surface area contributed by atoms with Crippen LogP contribution in [0.15, 0.2) is 0 Å². The second-order valence-corrected chi connectivity index (χ2v) is 6.09. The highest BCUT2D eigenvalue weighted by Crippen LogP contribution is 2.12. The molecule has 1 rings (SSSR count). The van der Waals surface area contributed by atoms with Crippen molar-refractivity contribution in [3.8, 4) is 0 Å². The van der Waals surface area contributed by atoms with Gasteiger partial charge in [-0.1, -0.05) is 0 Å². The number of rotatable bonds is 4. The summed E-state index contributed by atoms with van der Waals surface area (Å²) < 4.78 is 0. The van der Waals surface area contributed by atoms with Crippen LogP contribution in [-0.2, 0) is 0 Å². The van der Waals surface area contributed by atoms with E-state index < -0.39 is 0 Å². The molecule has 2 N–H and O–H groups in total. The van der Waals surface area contributed by atoms with E-state index in [9.17, 15) is 0 Å². The molecule has 1 saturated heterocycles. The van der Waals surface area contributed by atoms with Gasteiger partial charge < -0.3 is 10.6 Å². The Morgan fingerprint density at radius 2 is 2.00 bits per heavy atom. The monoisotopic (exact) mass is 227 g/mol.